The average molecular weight is 258 g/mol. The van der Waals surface area contributed by atoms with Gasteiger partial charge in [-0.1, -0.05) is 17.4 Å². The van der Waals surface area contributed by atoms with Gasteiger partial charge in [0.2, 0.25) is 10.9 Å². The normalized spacial score (nSPS) is 10.3. The van der Waals surface area contributed by atoms with Crippen molar-refractivity contribution in [2.24, 2.45) is 5.84 Å². The second-order valence-electron chi connectivity index (χ2n) is 2.99. The van der Waals surface area contributed by atoms with Crippen molar-refractivity contribution >= 4 is 16.5 Å². The Bertz CT molecular complexity index is 519. The van der Waals surface area contributed by atoms with Gasteiger partial charge in [0.15, 0.2) is 16.6 Å². The van der Waals surface area contributed by atoms with Gasteiger partial charge in [0, 0.05) is 0 Å². The van der Waals surface area contributed by atoms with E-state index in [4.69, 9.17) is 10.6 Å². The van der Waals surface area contributed by atoms with Crippen molar-refractivity contribution in [2.45, 2.75) is 6.61 Å². The van der Waals surface area contributed by atoms with Crippen molar-refractivity contribution in [2.75, 3.05) is 5.43 Å². The molecule has 0 spiro atoms. The van der Waals surface area contributed by atoms with E-state index in [1.165, 1.54) is 12.1 Å². The van der Waals surface area contributed by atoms with Gasteiger partial charge in [-0.2, -0.15) is 4.39 Å². The zero-order valence-corrected chi connectivity index (χ0v) is 9.30. The van der Waals surface area contributed by atoms with E-state index in [1.807, 2.05) is 0 Å². The van der Waals surface area contributed by atoms with Gasteiger partial charge in [0.25, 0.3) is 0 Å². The number of nitrogens with one attached hydrogen (secondary N) is 1. The molecule has 0 saturated heterocycles. The van der Waals surface area contributed by atoms with Gasteiger partial charge in [-0.3, -0.25) is 5.43 Å². The van der Waals surface area contributed by atoms with E-state index in [1.54, 1.807) is 0 Å². The van der Waals surface area contributed by atoms with Crippen LogP contribution in [0.25, 0.3) is 0 Å². The average Bonchev–Trinajstić information content (AvgIpc) is 2.79. The van der Waals surface area contributed by atoms with Crippen molar-refractivity contribution in [3.8, 4) is 5.75 Å². The van der Waals surface area contributed by atoms with Crippen LogP contribution in [0.15, 0.2) is 18.2 Å². The highest BCUT2D eigenvalue weighted by molar-refractivity contribution is 7.15. The van der Waals surface area contributed by atoms with E-state index in [0.29, 0.717) is 10.1 Å². The first-order valence-electron chi connectivity index (χ1n) is 4.56. The fourth-order valence-corrected chi connectivity index (χ4v) is 1.67. The second-order valence-corrected chi connectivity index (χ2v) is 4.05. The number of anilines is 1. The molecule has 0 aliphatic rings. The van der Waals surface area contributed by atoms with Gasteiger partial charge in [-0.05, 0) is 12.1 Å². The molecule has 1 aromatic carbocycles. The third-order valence-electron chi connectivity index (χ3n) is 1.86. The summed E-state index contributed by atoms with van der Waals surface area (Å²) in [5.41, 5.74) is 2.32. The van der Waals surface area contributed by atoms with Crippen LogP contribution in [-0.2, 0) is 6.61 Å². The molecule has 17 heavy (non-hydrogen) atoms. The van der Waals surface area contributed by atoms with Crippen LogP contribution >= 0.6 is 11.3 Å². The molecular formula is C9H8F2N4OS. The molecule has 90 valence electrons. The maximum Gasteiger partial charge on any atom is 0.219 e. The topological polar surface area (TPSA) is 73.1 Å². The Morgan fingerprint density at radius 2 is 2.18 bits per heavy atom. The number of nitrogens with two attached hydrogens (primary N) is 1. The first kappa shape index (κ1) is 11.7. The lowest BCUT2D eigenvalue weighted by atomic mass is 10.3. The lowest BCUT2D eigenvalue weighted by Crippen LogP contribution is -2.05. The Morgan fingerprint density at radius 1 is 1.35 bits per heavy atom. The summed E-state index contributed by atoms with van der Waals surface area (Å²) in [4.78, 5) is 0. The fourth-order valence-electron chi connectivity index (χ4n) is 1.11. The van der Waals surface area contributed by atoms with E-state index >= 15 is 0 Å². The Balaban J connectivity index is 2.04. The van der Waals surface area contributed by atoms with Crippen LogP contribution < -0.4 is 16.0 Å². The number of hydrazine groups is 1. The summed E-state index contributed by atoms with van der Waals surface area (Å²) in [7, 11) is 0. The molecule has 1 aromatic heterocycles. The van der Waals surface area contributed by atoms with Gasteiger partial charge in [0.05, 0.1) is 0 Å². The van der Waals surface area contributed by atoms with Crippen molar-refractivity contribution in [3.63, 3.8) is 0 Å². The number of benzene rings is 1. The number of hydrogen-bond donors (Lipinski definition) is 2. The van der Waals surface area contributed by atoms with E-state index in [-0.39, 0.29) is 12.4 Å². The van der Waals surface area contributed by atoms with Gasteiger partial charge < -0.3 is 4.74 Å². The van der Waals surface area contributed by atoms with E-state index in [2.05, 4.69) is 15.6 Å². The molecule has 1 heterocycles. The molecule has 0 unspecified atom stereocenters. The SMILES string of the molecule is NNc1nnc(COc2cccc(F)c2F)s1. The lowest BCUT2D eigenvalue weighted by Gasteiger charge is -2.04. The van der Waals surface area contributed by atoms with Crippen LogP contribution in [-0.4, -0.2) is 10.2 Å². The zero-order valence-electron chi connectivity index (χ0n) is 8.48. The molecule has 0 saturated carbocycles. The summed E-state index contributed by atoms with van der Waals surface area (Å²) in [6, 6.07) is 3.71. The Hall–Kier alpha value is -1.80. The van der Waals surface area contributed by atoms with Gasteiger partial charge in [-0.15, -0.1) is 10.2 Å². The van der Waals surface area contributed by atoms with Crippen molar-refractivity contribution < 1.29 is 13.5 Å². The number of ether oxygens (including phenoxy) is 1. The van der Waals surface area contributed by atoms with Crippen LogP contribution in [0.4, 0.5) is 13.9 Å². The summed E-state index contributed by atoms with van der Waals surface area (Å²) in [5.74, 6) is 2.98. The highest BCUT2D eigenvalue weighted by atomic mass is 32.1. The van der Waals surface area contributed by atoms with Gasteiger partial charge in [-0.25, -0.2) is 10.2 Å². The monoisotopic (exact) mass is 258 g/mol. The highest BCUT2D eigenvalue weighted by Gasteiger charge is 2.10. The van der Waals surface area contributed by atoms with E-state index in [9.17, 15) is 8.78 Å². The Kier molecular flexibility index (Phi) is 3.45. The van der Waals surface area contributed by atoms with Crippen molar-refractivity contribution in [3.05, 3.63) is 34.8 Å². The molecule has 0 fully saturated rings. The number of hydrogen-bond acceptors (Lipinski definition) is 6. The molecule has 0 aliphatic carbocycles. The minimum atomic E-state index is -1.02. The summed E-state index contributed by atoms with van der Waals surface area (Å²) >= 11 is 1.16. The van der Waals surface area contributed by atoms with E-state index < -0.39 is 11.6 Å². The second kappa shape index (κ2) is 5.02. The number of nitrogen functional groups attached to an aromatic ring is 1. The summed E-state index contributed by atoms with van der Waals surface area (Å²) in [5, 5.41) is 8.33. The van der Waals surface area contributed by atoms with Crippen molar-refractivity contribution in [1.82, 2.24) is 10.2 Å². The van der Waals surface area contributed by atoms with E-state index in [0.717, 1.165) is 17.4 Å². The molecule has 8 heteroatoms. The molecule has 0 aliphatic heterocycles. The van der Waals surface area contributed by atoms with Gasteiger partial charge >= 0.3 is 0 Å². The number of rotatable bonds is 4. The molecular weight excluding hydrogens is 250 g/mol. The Labute approximate surface area is 99.2 Å². The molecule has 3 N–H and O–H groups in total. The fraction of sp³-hybridized carbons (Fsp3) is 0.111. The Morgan fingerprint density at radius 3 is 2.88 bits per heavy atom. The van der Waals surface area contributed by atoms with Crippen molar-refractivity contribution in [1.29, 1.82) is 0 Å². The minimum Gasteiger partial charge on any atom is -0.483 e. The predicted molar refractivity (Wildman–Crippen MR) is 58.4 cm³/mol. The molecule has 0 radical (unpaired) electrons. The quantitative estimate of drug-likeness (QED) is 0.644. The largest absolute Gasteiger partial charge is 0.483 e. The smallest absolute Gasteiger partial charge is 0.219 e. The van der Waals surface area contributed by atoms with Crippen LogP contribution in [0.3, 0.4) is 0 Å². The molecule has 5 nitrogen and oxygen atoms in total. The molecule has 2 rings (SSSR count). The summed E-state index contributed by atoms with van der Waals surface area (Å²) in [6.45, 7) is -0.000278. The minimum absolute atomic E-state index is 0.000278. The highest BCUT2D eigenvalue weighted by Crippen LogP contribution is 2.21. The molecule has 0 atom stereocenters. The molecule has 2 aromatic rings. The third-order valence-corrected chi connectivity index (χ3v) is 2.69. The number of nitrogens with zero attached hydrogens (tertiary/aromatic N) is 2. The zero-order chi connectivity index (χ0) is 12.3. The predicted octanol–water partition coefficient (Wildman–Crippen LogP) is 1.68. The molecule has 0 bridgehead atoms. The standard InChI is InChI=1S/C9H8F2N4OS/c10-5-2-1-3-6(8(5)11)16-4-7-14-15-9(13-12)17-7/h1-3H,4,12H2,(H,13,15). The maximum absolute atomic E-state index is 13.2. The first-order valence-corrected chi connectivity index (χ1v) is 5.38. The lowest BCUT2D eigenvalue weighted by molar-refractivity contribution is 0.283. The van der Waals surface area contributed by atoms with Crippen LogP contribution in [0.1, 0.15) is 5.01 Å². The third kappa shape index (κ3) is 2.66. The van der Waals surface area contributed by atoms with Crippen LogP contribution in [0.5, 0.6) is 5.75 Å². The van der Waals surface area contributed by atoms with Gasteiger partial charge in [0.1, 0.15) is 6.61 Å². The molecule has 0 amide bonds. The number of halogens is 2. The maximum atomic E-state index is 13.2. The first-order chi connectivity index (χ1) is 8.20. The van der Waals surface area contributed by atoms with Crippen LogP contribution in [0, 0.1) is 11.6 Å². The summed E-state index contributed by atoms with van der Waals surface area (Å²) < 4.78 is 31.2. The van der Waals surface area contributed by atoms with Crippen LogP contribution in [0.2, 0.25) is 0 Å². The number of aromatic nitrogens is 2. The summed E-state index contributed by atoms with van der Waals surface area (Å²) in [6.07, 6.45) is 0.